The lowest BCUT2D eigenvalue weighted by atomic mass is 9.77. The smallest absolute Gasteiger partial charge is 0.133 e. The topological polar surface area (TPSA) is 17.1 Å². The lowest BCUT2D eigenvalue weighted by Gasteiger charge is -2.27. The fraction of sp³-hybridized carbons (Fsp3) is 0.889. The van der Waals surface area contributed by atoms with E-state index in [4.69, 9.17) is 0 Å². The molecule has 0 saturated carbocycles. The highest BCUT2D eigenvalue weighted by molar-refractivity contribution is 5.78. The Labute approximate surface area is 63.8 Å². The molecule has 0 amide bonds. The van der Waals surface area contributed by atoms with Gasteiger partial charge in [-0.3, -0.25) is 4.79 Å². The minimum Gasteiger partial charge on any atom is -0.300 e. The Morgan fingerprint density at radius 2 is 1.80 bits per heavy atom. The first kappa shape index (κ1) is 9.67. The third-order valence-electron chi connectivity index (χ3n) is 1.94. The van der Waals surface area contributed by atoms with Gasteiger partial charge < -0.3 is 0 Å². The zero-order valence-electron chi connectivity index (χ0n) is 7.69. The van der Waals surface area contributed by atoms with Crippen LogP contribution in [-0.2, 0) is 4.79 Å². The van der Waals surface area contributed by atoms with E-state index in [1.807, 2.05) is 0 Å². The molecule has 0 aromatic heterocycles. The van der Waals surface area contributed by atoms with Gasteiger partial charge in [0.2, 0.25) is 0 Å². The summed E-state index contributed by atoms with van der Waals surface area (Å²) in [5.41, 5.74) is 0.139. The summed E-state index contributed by atoms with van der Waals surface area (Å²) in [7, 11) is 0. The molecule has 0 aliphatic rings. The first-order valence-corrected chi connectivity index (χ1v) is 3.90. The van der Waals surface area contributed by atoms with E-state index in [1.54, 1.807) is 6.92 Å². The van der Waals surface area contributed by atoms with Gasteiger partial charge in [0.05, 0.1) is 0 Å². The van der Waals surface area contributed by atoms with Gasteiger partial charge in [0.25, 0.3) is 0 Å². The summed E-state index contributed by atoms with van der Waals surface area (Å²) < 4.78 is 0. The number of ketones is 1. The highest BCUT2D eigenvalue weighted by Gasteiger charge is 2.26. The summed E-state index contributed by atoms with van der Waals surface area (Å²) in [6, 6.07) is 0. The molecule has 0 aromatic carbocycles. The van der Waals surface area contributed by atoms with Crippen molar-refractivity contribution in [1.29, 1.82) is 0 Å². The molecule has 1 nitrogen and oxygen atoms in total. The average molecular weight is 142 g/mol. The zero-order valence-corrected chi connectivity index (χ0v) is 7.69. The van der Waals surface area contributed by atoms with Crippen LogP contribution in [-0.4, -0.2) is 5.78 Å². The number of hydrogen-bond acceptors (Lipinski definition) is 1. The number of hydrogen-bond donors (Lipinski definition) is 0. The highest BCUT2D eigenvalue weighted by Crippen LogP contribution is 2.28. The number of rotatable bonds is 2. The average Bonchev–Trinajstić information content (AvgIpc) is 1.60. The van der Waals surface area contributed by atoms with Crippen LogP contribution in [0, 0.1) is 11.3 Å². The van der Waals surface area contributed by atoms with Crippen LogP contribution < -0.4 is 0 Å². The van der Waals surface area contributed by atoms with E-state index >= 15 is 0 Å². The molecule has 0 radical (unpaired) electrons. The summed E-state index contributed by atoms with van der Waals surface area (Å²) in [6.45, 7) is 10.1. The molecule has 1 atom stereocenters. The molecule has 0 saturated heterocycles. The largest absolute Gasteiger partial charge is 0.300 e. The van der Waals surface area contributed by atoms with Gasteiger partial charge >= 0.3 is 0 Å². The van der Waals surface area contributed by atoms with E-state index in [2.05, 4.69) is 27.7 Å². The van der Waals surface area contributed by atoms with E-state index < -0.39 is 0 Å². The molecule has 0 fully saturated rings. The molecule has 0 aromatic rings. The molecule has 1 unspecified atom stereocenters. The Hall–Kier alpha value is -0.330. The lowest BCUT2D eigenvalue weighted by Crippen LogP contribution is -2.25. The van der Waals surface area contributed by atoms with E-state index in [0.717, 1.165) is 6.42 Å². The molecular formula is C9H18O. The number of carbonyl (C=O) groups excluding carboxylic acids is 1. The molecule has 10 heavy (non-hydrogen) atoms. The monoisotopic (exact) mass is 142 g/mol. The van der Waals surface area contributed by atoms with Crippen LogP contribution in [0.3, 0.4) is 0 Å². The van der Waals surface area contributed by atoms with Crippen molar-refractivity contribution in [1.82, 2.24) is 0 Å². The Morgan fingerprint density at radius 3 is 1.80 bits per heavy atom. The number of Topliss-reactive ketones (excluding diaryl/α,β-unsaturated/α-hetero) is 1. The fourth-order valence-corrected chi connectivity index (χ4v) is 1.51. The van der Waals surface area contributed by atoms with Gasteiger partial charge in [-0.15, -0.1) is 0 Å². The Kier molecular flexibility index (Phi) is 3.07. The van der Waals surface area contributed by atoms with Crippen LogP contribution in [0.15, 0.2) is 0 Å². The Morgan fingerprint density at radius 1 is 1.40 bits per heavy atom. The maximum atomic E-state index is 11.0. The molecule has 0 spiro atoms. The van der Waals surface area contributed by atoms with Crippen LogP contribution >= 0.6 is 0 Å². The standard InChI is InChI=1S/C9H18O/c1-6-8(7(2)10)9(3,4)5/h8H,6H2,1-5H3. The second-order valence-electron chi connectivity index (χ2n) is 3.94. The van der Waals surface area contributed by atoms with Crippen molar-refractivity contribution in [3.8, 4) is 0 Å². The van der Waals surface area contributed by atoms with Crippen molar-refractivity contribution in [2.24, 2.45) is 11.3 Å². The van der Waals surface area contributed by atoms with Gasteiger partial charge in [-0.25, -0.2) is 0 Å². The van der Waals surface area contributed by atoms with Gasteiger partial charge in [0.1, 0.15) is 5.78 Å². The predicted molar refractivity (Wildman–Crippen MR) is 43.9 cm³/mol. The third kappa shape index (κ3) is 2.51. The molecular weight excluding hydrogens is 124 g/mol. The normalized spacial score (nSPS) is 14.9. The van der Waals surface area contributed by atoms with Gasteiger partial charge in [-0.1, -0.05) is 27.7 Å². The minimum absolute atomic E-state index is 0.139. The van der Waals surface area contributed by atoms with Crippen LogP contribution in [0.1, 0.15) is 41.0 Å². The maximum absolute atomic E-state index is 11.0. The molecule has 0 aliphatic carbocycles. The molecule has 0 rings (SSSR count). The van der Waals surface area contributed by atoms with Crippen molar-refractivity contribution in [3.63, 3.8) is 0 Å². The Balaban J connectivity index is 4.22. The van der Waals surface area contributed by atoms with Gasteiger partial charge in [0.15, 0.2) is 0 Å². The van der Waals surface area contributed by atoms with Crippen molar-refractivity contribution in [2.45, 2.75) is 41.0 Å². The van der Waals surface area contributed by atoms with Crippen molar-refractivity contribution in [3.05, 3.63) is 0 Å². The summed E-state index contributed by atoms with van der Waals surface area (Å²) in [4.78, 5) is 11.0. The Bertz CT molecular complexity index is 119. The third-order valence-corrected chi connectivity index (χ3v) is 1.94. The van der Waals surface area contributed by atoms with Crippen LogP contribution in [0.4, 0.5) is 0 Å². The fourth-order valence-electron chi connectivity index (χ4n) is 1.51. The van der Waals surface area contributed by atoms with Gasteiger partial charge in [0, 0.05) is 5.92 Å². The molecule has 1 heteroatoms. The van der Waals surface area contributed by atoms with E-state index in [-0.39, 0.29) is 11.3 Å². The molecule has 0 bridgehead atoms. The number of carbonyl (C=O) groups is 1. The van der Waals surface area contributed by atoms with Gasteiger partial charge in [-0.2, -0.15) is 0 Å². The van der Waals surface area contributed by atoms with E-state index in [1.165, 1.54) is 0 Å². The first-order chi connectivity index (χ1) is 4.39. The van der Waals surface area contributed by atoms with Crippen LogP contribution in [0.2, 0.25) is 0 Å². The SMILES string of the molecule is CCC(C(C)=O)C(C)(C)C. The second-order valence-corrected chi connectivity index (χ2v) is 3.94. The molecule has 0 N–H and O–H groups in total. The van der Waals surface area contributed by atoms with Crippen LogP contribution in [0.5, 0.6) is 0 Å². The maximum Gasteiger partial charge on any atom is 0.133 e. The zero-order chi connectivity index (χ0) is 8.36. The molecule has 60 valence electrons. The molecule has 0 aliphatic heterocycles. The van der Waals surface area contributed by atoms with Gasteiger partial charge in [-0.05, 0) is 18.8 Å². The van der Waals surface area contributed by atoms with Crippen molar-refractivity contribution < 1.29 is 4.79 Å². The van der Waals surface area contributed by atoms with E-state index in [0.29, 0.717) is 5.78 Å². The molecule has 0 heterocycles. The summed E-state index contributed by atoms with van der Waals surface area (Å²) in [5.74, 6) is 0.544. The second kappa shape index (κ2) is 3.18. The highest BCUT2D eigenvalue weighted by atomic mass is 16.1. The summed E-state index contributed by atoms with van der Waals surface area (Å²) in [5, 5.41) is 0. The van der Waals surface area contributed by atoms with Crippen LogP contribution in [0.25, 0.3) is 0 Å². The quantitative estimate of drug-likeness (QED) is 0.579. The summed E-state index contributed by atoms with van der Waals surface area (Å²) in [6.07, 6.45) is 0.957. The predicted octanol–water partition coefficient (Wildman–Crippen LogP) is 2.65. The first-order valence-electron chi connectivity index (χ1n) is 3.90. The summed E-state index contributed by atoms with van der Waals surface area (Å²) >= 11 is 0. The minimum atomic E-state index is 0.139. The van der Waals surface area contributed by atoms with Crippen molar-refractivity contribution >= 4 is 5.78 Å². The van der Waals surface area contributed by atoms with E-state index in [9.17, 15) is 4.79 Å². The van der Waals surface area contributed by atoms with Crippen molar-refractivity contribution in [2.75, 3.05) is 0 Å². The lowest BCUT2D eigenvalue weighted by molar-refractivity contribution is -0.123.